The minimum absolute atomic E-state index is 0.123. The van der Waals surface area contributed by atoms with Crippen molar-refractivity contribution in [3.05, 3.63) is 0 Å². The highest BCUT2D eigenvalue weighted by molar-refractivity contribution is 7.91. The minimum Gasteiger partial charge on any atom is -0.316 e. The Morgan fingerprint density at radius 2 is 1.65 bits per heavy atom. The van der Waals surface area contributed by atoms with E-state index in [4.69, 9.17) is 0 Å². The number of sulfone groups is 1. The first kappa shape index (κ1) is 16.3. The van der Waals surface area contributed by atoms with E-state index in [1.165, 1.54) is 12.7 Å². The average Bonchev–Trinajstić information content (AvgIpc) is 2.72. The maximum Gasteiger partial charge on any atom is 0.150 e. The normalized spacial score (nSPS) is 34.7. The Morgan fingerprint density at radius 1 is 1.10 bits per heavy atom. The summed E-state index contributed by atoms with van der Waals surface area (Å²) in [6, 6.07) is 0.449. The first-order chi connectivity index (χ1) is 9.03. The zero-order valence-electron chi connectivity index (χ0n) is 13.9. The van der Waals surface area contributed by atoms with E-state index in [0.717, 1.165) is 19.3 Å². The van der Waals surface area contributed by atoms with Crippen LogP contribution in [0.1, 0.15) is 53.4 Å². The predicted octanol–water partition coefficient (Wildman–Crippen LogP) is 2.86. The van der Waals surface area contributed by atoms with E-state index in [2.05, 4.69) is 33.0 Å². The fourth-order valence-electron chi connectivity index (χ4n) is 4.72. The SMILES string of the molecule is CNC(C1CCCC(S(C)(=O)=O)C1)C1C(C)(C)C1(C)C. The van der Waals surface area contributed by atoms with Crippen molar-refractivity contribution in [1.82, 2.24) is 5.32 Å². The van der Waals surface area contributed by atoms with Crippen LogP contribution in [0.5, 0.6) is 0 Å². The molecule has 0 radical (unpaired) electrons. The summed E-state index contributed by atoms with van der Waals surface area (Å²) in [5.74, 6) is 1.14. The van der Waals surface area contributed by atoms with Gasteiger partial charge in [0.25, 0.3) is 0 Å². The molecule has 2 aliphatic rings. The molecule has 3 atom stereocenters. The van der Waals surface area contributed by atoms with Crippen molar-refractivity contribution < 1.29 is 8.42 Å². The molecule has 0 aliphatic heterocycles. The van der Waals surface area contributed by atoms with E-state index < -0.39 is 9.84 Å². The lowest BCUT2D eigenvalue weighted by Gasteiger charge is -2.35. The second-order valence-electron chi connectivity index (χ2n) is 8.11. The van der Waals surface area contributed by atoms with Gasteiger partial charge in [-0.25, -0.2) is 8.42 Å². The van der Waals surface area contributed by atoms with Crippen LogP contribution in [0.25, 0.3) is 0 Å². The van der Waals surface area contributed by atoms with Crippen molar-refractivity contribution in [1.29, 1.82) is 0 Å². The first-order valence-corrected chi connectivity index (χ1v) is 9.85. The molecular weight excluding hydrogens is 270 g/mol. The lowest BCUT2D eigenvalue weighted by atomic mass is 9.80. The van der Waals surface area contributed by atoms with Gasteiger partial charge in [-0.05, 0) is 49.0 Å². The maximum absolute atomic E-state index is 11.9. The molecule has 0 bridgehead atoms. The smallest absolute Gasteiger partial charge is 0.150 e. The second kappa shape index (κ2) is 4.98. The summed E-state index contributed by atoms with van der Waals surface area (Å²) >= 11 is 0. The summed E-state index contributed by atoms with van der Waals surface area (Å²) in [5, 5.41) is 3.40. The van der Waals surface area contributed by atoms with Crippen molar-refractivity contribution in [2.45, 2.75) is 64.7 Å². The van der Waals surface area contributed by atoms with E-state index in [-0.39, 0.29) is 5.25 Å². The third-order valence-electron chi connectivity index (χ3n) is 6.60. The van der Waals surface area contributed by atoms with E-state index >= 15 is 0 Å². The molecule has 118 valence electrons. The molecule has 1 N–H and O–H groups in total. The van der Waals surface area contributed by atoms with Crippen LogP contribution in [0.2, 0.25) is 0 Å². The molecule has 0 aromatic heterocycles. The molecule has 2 saturated carbocycles. The summed E-state index contributed by atoms with van der Waals surface area (Å²) in [5.41, 5.74) is 0.692. The van der Waals surface area contributed by atoms with Gasteiger partial charge < -0.3 is 5.32 Å². The first-order valence-electron chi connectivity index (χ1n) is 7.89. The van der Waals surface area contributed by atoms with Gasteiger partial charge in [-0.3, -0.25) is 0 Å². The van der Waals surface area contributed by atoms with Crippen molar-refractivity contribution in [3.8, 4) is 0 Å². The number of hydrogen-bond donors (Lipinski definition) is 1. The van der Waals surface area contributed by atoms with Crippen LogP contribution < -0.4 is 5.32 Å². The van der Waals surface area contributed by atoms with E-state index in [1.54, 1.807) is 0 Å². The van der Waals surface area contributed by atoms with Gasteiger partial charge in [0.15, 0.2) is 0 Å². The Hall–Kier alpha value is -0.0900. The molecule has 2 fully saturated rings. The van der Waals surface area contributed by atoms with Gasteiger partial charge in [0.05, 0.1) is 5.25 Å². The highest BCUT2D eigenvalue weighted by Crippen LogP contribution is 2.70. The molecule has 0 saturated heterocycles. The predicted molar refractivity (Wildman–Crippen MR) is 84.5 cm³/mol. The summed E-state index contributed by atoms with van der Waals surface area (Å²) in [6.07, 6.45) is 5.31. The van der Waals surface area contributed by atoms with Gasteiger partial charge in [-0.2, -0.15) is 0 Å². The van der Waals surface area contributed by atoms with Crippen LogP contribution in [-0.2, 0) is 9.84 Å². The number of nitrogens with one attached hydrogen (secondary N) is 1. The summed E-state index contributed by atoms with van der Waals surface area (Å²) in [6.45, 7) is 9.38. The van der Waals surface area contributed by atoms with Crippen molar-refractivity contribution >= 4 is 9.84 Å². The largest absolute Gasteiger partial charge is 0.316 e. The zero-order chi connectivity index (χ0) is 15.3. The third kappa shape index (κ3) is 2.54. The molecule has 4 heteroatoms. The van der Waals surface area contributed by atoms with Crippen LogP contribution in [0.3, 0.4) is 0 Å². The summed E-state index contributed by atoms with van der Waals surface area (Å²) in [7, 11) is -0.850. The topological polar surface area (TPSA) is 46.2 Å². The Balaban J connectivity index is 2.14. The maximum atomic E-state index is 11.9. The van der Waals surface area contributed by atoms with Gasteiger partial charge in [-0.1, -0.05) is 34.1 Å². The van der Waals surface area contributed by atoms with Gasteiger partial charge in [-0.15, -0.1) is 0 Å². The molecule has 2 aliphatic carbocycles. The van der Waals surface area contributed by atoms with E-state index in [9.17, 15) is 8.42 Å². The highest BCUT2D eigenvalue weighted by Gasteiger charge is 2.67. The third-order valence-corrected chi connectivity index (χ3v) is 8.24. The van der Waals surface area contributed by atoms with Crippen molar-refractivity contribution in [2.24, 2.45) is 22.7 Å². The molecule has 0 heterocycles. The number of hydrogen-bond acceptors (Lipinski definition) is 3. The molecule has 20 heavy (non-hydrogen) atoms. The Kier molecular flexibility index (Phi) is 4.05. The highest BCUT2D eigenvalue weighted by atomic mass is 32.2. The van der Waals surface area contributed by atoms with E-state index in [1.807, 2.05) is 7.05 Å². The molecule has 3 unspecified atom stereocenters. The van der Waals surface area contributed by atoms with Crippen LogP contribution in [0, 0.1) is 22.7 Å². The van der Waals surface area contributed by atoms with E-state index in [0.29, 0.717) is 28.7 Å². The quantitative estimate of drug-likeness (QED) is 0.868. The van der Waals surface area contributed by atoms with Gasteiger partial charge in [0.1, 0.15) is 9.84 Å². The van der Waals surface area contributed by atoms with Crippen molar-refractivity contribution in [3.63, 3.8) is 0 Å². The standard InChI is InChI=1S/C16H31NO2S/c1-15(2)14(16(15,3)4)13(17-5)11-8-7-9-12(10-11)20(6,18)19/h11-14,17H,7-10H2,1-6H3. The summed E-state index contributed by atoms with van der Waals surface area (Å²) in [4.78, 5) is 0. The monoisotopic (exact) mass is 301 g/mol. The zero-order valence-corrected chi connectivity index (χ0v) is 14.7. The summed E-state index contributed by atoms with van der Waals surface area (Å²) < 4.78 is 23.7. The molecular formula is C16H31NO2S. The average molecular weight is 301 g/mol. The second-order valence-corrected chi connectivity index (χ2v) is 10.4. The molecule has 0 amide bonds. The fraction of sp³-hybridized carbons (Fsp3) is 1.00. The molecule has 0 aromatic rings. The van der Waals surface area contributed by atoms with Gasteiger partial charge in [0.2, 0.25) is 0 Å². The molecule has 0 spiro atoms. The molecule has 0 aromatic carbocycles. The fourth-order valence-corrected chi connectivity index (χ4v) is 5.91. The lowest BCUT2D eigenvalue weighted by Crippen LogP contribution is -2.42. The van der Waals surface area contributed by atoms with Crippen molar-refractivity contribution in [2.75, 3.05) is 13.3 Å². The van der Waals surface area contributed by atoms with Crippen LogP contribution in [0.4, 0.5) is 0 Å². The van der Waals surface area contributed by atoms with Gasteiger partial charge >= 0.3 is 0 Å². The minimum atomic E-state index is -2.89. The Morgan fingerprint density at radius 3 is 2.05 bits per heavy atom. The van der Waals surface area contributed by atoms with Gasteiger partial charge in [0, 0.05) is 12.3 Å². The lowest BCUT2D eigenvalue weighted by molar-refractivity contribution is 0.236. The Labute approximate surface area is 124 Å². The van der Waals surface area contributed by atoms with Crippen LogP contribution >= 0.6 is 0 Å². The number of rotatable bonds is 4. The van der Waals surface area contributed by atoms with Crippen LogP contribution in [0.15, 0.2) is 0 Å². The molecule has 3 nitrogen and oxygen atoms in total. The molecule has 2 rings (SSSR count). The Bertz CT molecular complexity index is 453. The van der Waals surface area contributed by atoms with Crippen LogP contribution in [-0.4, -0.2) is 33.0 Å².